The highest BCUT2D eigenvalue weighted by molar-refractivity contribution is 5.69. The molecule has 0 saturated carbocycles. The van der Waals surface area contributed by atoms with E-state index in [4.69, 9.17) is 14.2 Å². The zero-order chi connectivity index (χ0) is 17.3. The minimum atomic E-state index is -0.118. The Kier molecular flexibility index (Phi) is 15.8. The molecular formula is C19H38O4. The summed E-state index contributed by atoms with van der Waals surface area (Å²) in [6.45, 7) is 11.9. The van der Waals surface area contributed by atoms with Gasteiger partial charge >= 0.3 is 5.97 Å². The second kappa shape index (κ2) is 16.3. The molecule has 0 aliphatic heterocycles. The fourth-order valence-corrected chi connectivity index (χ4v) is 2.17. The SMILES string of the molecule is CCCCC(CC)COCCOCCCC(=O)OCCC(C)C. The van der Waals surface area contributed by atoms with Crippen molar-refractivity contribution < 1.29 is 19.0 Å². The van der Waals surface area contributed by atoms with Crippen molar-refractivity contribution in [2.75, 3.05) is 33.0 Å². The van der Waals surface area contributed by atoms with Gasteiger partial charge in [0.05, 0.1) is 19.8 Å². The predicted molar refractivity (Wildman–Crippen MR) is 94.6 cm³/mol. The van der Waals surface area contributed by atoms with E-state index >= 15 is 0 Å². The molecule has 1 atom stereocenters. The molecule has 0 bridgehead atoms. The molecule has 0 amide bonds. The van der Waals surface area contributed by atoms with Gasteiger partial charge in [-0.2, -0.15) is 0 Å². The summed E-state index contributed by atoms with van der Waals surface area (Å²) < 4.78 is 16.3. The highest BCUT2D eigenvalue weighted by atomic mass is 16.5. The van der Waals surface area contributed by atoms with Crippen molar-refractivity contribution in [2.45, 2.75) is 72.6 Å². The topological polar surface area (TPSA) is 44.8 Å². The largest absolute Gasteiger partial charge is 0.466 e. The van der Waals surface area contributed by atoms with E-state index in [9.17, 15) is 4.79 Å². The van der Waals surface area contributed by atoms with Crippen molar-refractivity contribution in [2.24, 2.45) is 11.8 Å². The van der Waals surface area contributed by atoms with Crippen LogP contribution in [0.25, 0.3) is 0 Å². The van der Waals surface area contributed by atoms with E-state index in [0.29, 0.717) is 51.1 Å². The van der Waals surface area contributed by atoms with Crippen LogP contribution in [0.5, 0.6) is 0 Å². The summed E-state index contributed by atoms with van der Waals surface area (Å²) in [5.74, 6) is 1.13. The molecule has 23 heavy (non-hydrogen) atoms. The summed E-state index contributed by atoms with van der Waals surface area (Å²) in [5.41, 5.74) is 0. The van der Waals surface area contributed by atoms with E-state index in [1.54, 1.807) is 0 Å². The van der Waals surface area contributed by atoms with Crippen LogP contribution < -0.4 is 0 Å². The van der Waals surface area contributed by atoms with Crippen LogP contribution in [0.4, 0.5) is 0 Å². The van der Waals surface area contributed by atoms with Crippen LogP contribution >= 0.6 is 0 Å². The number of esters is 1. The first-order valence-corrected chi connectivity index (χ1v) is 9.41. The van der Waals surface area contributed by atoms with Crippen molar-refractivity contribution in [3.8, 4) is 0 Å². The first-order valence-electron chi connectivity index (χ1n) is 9.41. The number of hydrogen-bond donors (Lipinski definition) is 0. The Morgan fingerprint density at radius 3 is 2.30 bits per heavy atom. The van der Waals surface area contributed by atoms with E-state index in [-0.39, 0.29) is 5.97 Å². The lowest BCUT2D eigenvalue weighted by Crippen LogP contribution is -2.13. The van der Waals surface area contributed by atoms with Gasteiger partial charge in [0.1, 0.15) is 0 Å². The summed E-state index contributed by atoms with van der Waals surface area (Å²) in [7, 11) is 0. The van der Waals surface area contributed by atoms with E-state index in [2.05, 4.69) is 27.7 Å². The Labute approximate surface area is 143 Å². The summed E-state index contributed by atoms with van der Waals surface area (Å²) in [6.07, 6.45) is 7.05. The van der Waals surface area contributed by atoms with Gasteiger partial charge in [0, 0.05) is 19.6 Å². The fourth-order valence-electron chi connectivity index (χ4n) is 2.17. The van der Waals surface area contributed by atoms with Crippen molar-refractivity contribution in [3.63, 3.8) is 0 Å². The van der Waals surface area contributed by atoms with Crippen LogP contribution in [0, 0.1) is 11.8 Å². The Hall–Kier alpha value is -0.610. The number of unbranched alkanes of at least 4 members (excludes halogenated alkanes) is 1. The van der Waals surface area contributed by atoms with Gasteiger partial charge in [-0.15, -0.1) is 0 Å². The molecule has 0 aliphatic rings. The fraction of sp³-hybridized carbons (Fsp3) is 0.947. The third kappa shape index (κ3) is 16.0. The zero-order valence-corrected chi connectivity index (χ0v) is 15.8. The van der Waals surface area contributed by atoms with Gasteiger partial charge in [-0.1, -0.05) is 47.0 Å². The molecule has 0 aromatic rings. The molecule has 0 saturated heterocycles. The summed E-state index contributed by atoms with van der Waals surface area (Å²) in [4.78, 5) is 11.5. The lowest BCUT2D eigenvalue weighted by atomic mass is 10.0. The maximum absolute atomic E-state index is 11.5. The highest BCUT2D eigenvalue weighted by Gasteiger charge is 2.06. The summed E-state index contributed by atoms with van der Waals surface area (Å²) in [5, 5.41) is 0. The Balaban J connectivity index is 3.33. The molecule has 0 spiro atoms. The van der Waals surface area contributed by atoms with Gasteiger partial charge < -0.3 is 14.2 Å². The van der Waals surface area contributed by atoms with E-state index < -0.39 is 0 Å². The third-order valence-corrected chi connectivity index (χ3v) is 3.90. The maximum Gasteiger partial charge on any atom is 0.305 e. The molecule has 0 aliphatic carbocycles. The molecule has 0 rings (SSSR count). The monoisotopic (exact) mass is 330 g/mol. The molecule has 0 aromatic heterocycles. The Morgan fingerprint density at radius 2 is 1.65 bits per heavy atom. The quantitative estimate of drug-likeness (QED) is 0.306. The number of carbonyl (C=O) groups excluding carboxylic acids is 1. The van der Waals surface area contributed by atoms with Gasteiger partial charge in [-0.05, 0) is 31.1 Å². The Morgan fingerprint density at radius 1 is 0.913 bits per heavy atom. The van der Waals surface area contributed by atoms with E-state index in [1.807, 2.05) is 0 Å². The molecule has 0 fully saturated rings. The molecule has 0 heterocycles. The van der Waals surface area contributed by atoms with E-state index in [1.165, 1.54) is 25.7 Å². The molecule has 4 heteroatoms. The minimum absolute atomic E-state index is 0.118. The number of ether oxygens (including phenoxy) is 3. The highest BCUT2D eigenvalue weighted by Crippen LogP contribution is 2.12. The molecule has 0 N–H and O–H groups in total. The van der Waals surface area contributed by atoms with E-state index in [0.717, 1.165) is 13.0 Å². The van der Waals surface area contributed by atoms with Crippen LogP contribution in [0.1, 0.15) is 72.6 Å². The summed E-state index contributed by atoms with van der Waals surface area (Å²) >= 11 is 0. The minimum Gasteiger partial charge on any atom is -0.466 e. The van der Waals surface area contributed by atoms with Gasteiger partial charge in [0.2, 0.25) is 0 Å². The first-order chi connectivity index (χ1) is 11.1. The lowest BCUT2D eigenvalue weighted by molar-refractivity contribution is -0.144. The zero-order valence-electron chi connectivity index (χ0n) is 15.8. The predicted octanol–water partition coefficient (Wildman–Crippen LogP) is 4.61. The smallest absolute Gasteiger partial charge is 0.305 e. The maximum atomic E-state index is 11.5. The second-order valence-electron chi connectivity index (χ2n) is 6.61. The van der Waals surface area contributed by atoms with Gasteiger partial charge in [-0.25, -0.2) is 0 Å². The molecule has 138 valence electrons. The molecular weight excluding hydrogens is 292 g/mol. The van der Waals surface area contributed by atoms with Crippen LogP contribution in [0.2, 0.25) is 0 Å². The van der Waals surface area contributed by atoms with Gasteiger partial charge in [-0.3, -0.25) is 4.79 Å². The normalized spacial score (nSPS) is 12.6. The van der Waals surface area contributed by atoms with Gasteiger partial charge in [0.15, 0.2) is 0 Å². The van der Waals surface area contributed by atoms with Crippen molar-refractivity contribution in [1.82, 2.24) is 0 Å². The van der Waals surface area contributed by atoms with Crippen LogP contribution in [0.3, 0.4) is 0 Å². The molecule has 1 unspecified atom stereocenters. The van der Waals surface area contributed by atoms with Gasteiger partial charge in [0.25, 0.3) is 0 Å². The van der Waals surface area contributed by atoms with Crippen molar-refractivity contribution in [1.29, 1.82) is 0 Å². The number of hydrogen-bond acceptors (Lipinski definition) is 4. The van der Waals surface area contributed by atoms with Crippen LogP contribution in [-0.2, 0) is 19.0 Å². The average Bonchev–Trinajstić information content (AvgIpc) is 2.52. The van der Waals surface area contributed by atoms with Crippen molar-refractivity contribution >= 4 is 5.97 Å². The molecule has 4 nitrogen and oxygen atoms in total. The first kappa shape index (κ1) is 22.4. The molecule has 0 aromatic carbocycles. The standard InChI is InChI=1S/C19H38O4/c1-5-7-9-18(6-2)16-22-15-14-21-12-8-10-19(20)23-13-11-17(3)4/h17-18H,5-16H2,1-4H3. The summed E-state index contributed by atoms with van der Waals surface area (Å²) in [6, 6.07) is 0. The second-order valence-corrected chi connectivity index (χ2v) is 6.61. The lowest BCUT2D eigenvalue weighted by Gasteiger charge is -2.14. The van der Waals surface area contributed by atoms with Crippen LogP contribution in [-0.4, -0.2) is 39.0 Å². The third-order valence-electron chi connectivity index (χ3n) is 3.90. The average molecular weight is 331 g/mol. The van der Waals surface area contributed by atoms with Crippen LogP contribution in [0.15, 0.2) is 0 Å². The Bertz CT molecular complexity index is 266. The van der Waals surface area contributed by atoms with Crippen molar-refractivity contribution in [3.05, 3.63) is 0 Å². The number of rotatable bonds is 16. The molecule has 0 radical (unpaired) electrons. The number of carbonyl (C=O) groups is 1.